The number of ether oxygens (including phenoxy) is 1. The molecule has 1 aromatic carbocycles. The van der Waals surface area contributed by atoms with Crippen LogP contribution in [-0.2, 0) is 10.3 Å². The lowest BCUT2D eigenvalue weighted by Gasteiger charge is -2.32. The molecule has 10 heteroatoms. The van der Waals surface area contributed by atoms with E-state index in [-0.39, 0.29) is 5.02 Å². The van der Waals surface area contributed by atoms with Gasteiger partial charge in [-0.15, -0.1) is 0 Å². The monoisotopic (exact) mass is 424 g/mol. The van der Waals surface area contributed by atoms with Crippen molar-refractivity contribution < 1.29 is 20.1 Å². The van der Waals surface area contributed by atoms with Crippen LogP contribution in [0.3, 0.4) is 0 Å². The van der Waals surface area contributed by atoms with Crippen molar-refractivity contribution in [1.82, 2.24) is 19.5 Å². The molecule has 3 N–H and O–H groups in total. The van der Waals surface area contributed by atoms with Crippen LogP contribution in [-0.4, -0.2) is 53.2 Å². The Balaban J connectivity index is 1.71. The molecule has 1 saturated heterocycles. The highest BCUT2D eigenvalue weighted by atomic mass is 35.5. The number of aliphatic hydroxyl groups excluding tert-OH is 2. The van der Waals surface area contributed by atoms with E-state index in [4.69, 9.17) is 27.9 Å². The summed E-state index contributed by atoms with van der Waals surface area (Å²) in [5, 5.41) is 32.9. The molecule has 0 amide bonds. The second-order valence-electron chi connectivity index (χ2n) is 6.99. The molecule has 4 rings (SSSR count). The number of aromatic nitrogens is 4. The molecule has 3 heterocycles. The Morgan fingerprint density at radius 2 is 1.86 bits per heavy atom. The van der Waals surface area contributed by atoms with Crippen LogP contribution in [0.4, 0.5) is 0 Å². The van der Waals surface area contributed by atoms with E-state index in [1.54, 1.807) is 19.1 Å². The van der Waals surface area contributed by atoms with Crippen molar-refractivity contribution in [2.75, 3.05) is 0 Å². The zero-order valence-corrected chi connectivity index (χ0v) is 16.5. The summed E-state index contributed by atoms with van der Waals surface area (Å²) < 4.78 is 7.42. The first-order valence-corrected chi connectivity index (χ1v) is 9.31. The molecule has 1 aliphatic heterocycles. The van der Waals surface area contributed by atoms with E-state index in [1.165, 1.54) is 30.2 Å². The molecule has 1 unspecified atom stereocenters. The standard InChI is InChI=1S/C18H18Cl2N4O4/c1-8-12-16(22-6-21-8)24(7-23-12)17-14(26)13(25)15(28-17)18(2,27)9-3-4-10(19)11(20)5-9/h3-7,13-15,17,25-27H,1-2H3/t13-,14+,15-,17+,18?/m0/s1. The number of hydrogen-bond donors (Lipinski definition) is 3. The molecule has 1 fully saturated rings. The zero-order valence-electron chi connectivity index (χ0n) is 15.0. The number of aryl methyl sites for hydroxylation is 1. The maximum Gasteiger partial charge on any atom is 0.165 e. The molecule has 2 aromatic heterocycles. The summed E-state index contributed by atoms with van der Waals surface area (Å²) in [4.78, 5) is 12.5. The van der Waals surface area contributed by atoms with Gasteiger partial charge in [0, 0.05) is 0 Å². The molecule has 3 aromatic rings. The minimum absolute atomic E-state index is 0.261. The highest BCUT2D eigenvalue weighted by Crippen LogP contribution is 2.41. The Morgan fingerprint density at radius 1 is 1.11 bits per heavy atom. The fraction of sp³-hybridized carbons (Fsp3) is 0.389. The molecule has 0 bridgehead atoms. The third-order valence-corrected chi connectivity index (χ3v) is 5.85. The van der Waals surface area contributed by atoms with Crippen LogP contribution in [0.15, 0.2) is 30.9 Å². The van der Waals surface area contributed by atoms with Crippen molar-refractivity contribution in [3.63, 3.8) is 0 Å². The number of rotatable bonds is 3. The van der Waals surface area contributed by atoms with Crippen LogP contribution in [0.5, 0.6) is 0 Å². The smallest absolute Gasteiger partial charge is 0.165 e. The zero-order chi connectivity index (χ0) is 20.2. The van der Waals surface area contributed by atoms with Gasteiger partial charge >= 0.3 is 0 Å². The van der Waals surface area contributed by atoms with Crippen LogP contribution < -0.4 is 0 Å². The summed E-state index contributed by atoms with van der Waals surface area (Å²) in [6, 6.07) is 4.64. The van der Waals surface area contributed by atoms with Crippen LogP contribution in [0.25, 0.3) is 11.2 Å². The number of hydrogen-bond acceptors (Lipinski definition) is 7. The topological polar surface area (TPSA) is 114 Å². The lowest BCUT2D eigenvalue weighted by molar-refractivity contribution is -0.135. The predicted molar refractivity (Wildman–Crippen MR) is 102 cm³/mol. The summed E-state index contributed by atoms with van der Waals surface area (Å²) in [6.45, 7) is 3.27. The molecule has 0 saturated carbocycles. The molecule has 28 heavy (non-hydrogen) atoms. The third kappa shape index (κ3) is 2.97. The van der Waals surface area contributed by atoms with Gasteiger partial charge in [-0.05, 0) is 31.5 Å². The fourth-order valence-corrected chi connectivity index (χ4v) is 3.78. The lowest BCUT2D eigenvalue weighted by Crippen LogP contribution is -2.45. The van der Waals surface area contributed by atoms with Crippen molar-refractivity contribution in [2.24, 2.45) is 0 Å². The number of aliphatic hydroxyl groups is 3. The Labute approximate surface area is 170 Å². The van der Waals surface area contributed by atoms with Crippen molar-refractivity contribution in [3.05, 3.63) is 52.2 Å². The Bertz CT molecular complexity index is 1040. The molecule has 1 aliphatic rings. The Hall–Kier alpha value is -1.81. The Morgan fingerprint density at radius 3 is 2.57 bits per heavy atom. The molecule has 8 nitrogen and oxygen atoms in total. The number of imidazole rings is 1. The van der Waals surface area contributed by atoms with Gasteiger partial charge in [0.25, 0.3) is 0 Å². The average Bonchev–Trinajstić information content (AvgIpc) is 3.20. The van der Waals surface area contributed by atoms with E-state index in [0.717, 1.165) is 0 Å². The maximum atomic E-state index is 11.1. The van der Waals surface area contributed by atoms with Gasteiger partial charge in [0.15, 0.2) is 11.9 Å². The summed E-state index contributed by atoms with van der Waals surface area (Å²) >= 11 is 12.0. The number of nitrogens with zero attached hydrogens (tertiary/aromatic N) is 4. The van der Waals surface area contributed by atoms with Crippen LogP contribution in [0.1, 0.15) is 24.4 Å². The molecule has 0 spiro atoms. The largest absolute Gasteiger partial charge is 0.387 e. The third-order valence-electron chi connectivity index (χ3n) is 5.11. The first-order valence-electron chi connectivity index (χ1n) is 8.55. The maximum absolute atomic E-state index is 11.1. The summed E-state index contributed by atoms with van der Waals surface area (Å²) in [6.07, 6.45) is -1.96. The number of fused-ring (bicyclic) bond motifs is 1. The predicted octanol–water partition coefficient (Wildman–Crippen LogP) is 1.97. The van der Waals surface area contributed by atoms with Gasteiger partial charge in [-0.3, -0.25) is 4.57 Å². The minimum Gasteiger partial charge on any atom is -0.387 e. The molecule has 5 atom stereocenters. The van der Waals surface area contributed by atoms with Gasteiger partial charge in [0.05, 0.1) is 22.1 Å². The van der Waals surface area contributed by atoms with Crippen LogP contribution >= 0.6 is 23.2 Å². The highest BCUT2D eigenvalue weighted by Gasteiger charge is 2.52. The van der Waals surface area contributed by atoms with Crippen LogP contribution in [0.2, 0.25) is 10.0 Å². The SMILES string of the molecule is Cc1ncnc2c1ncn2[C@@H]1O[C@H](C(C)(O)c2ccc(Cl)c(Cl)c2)[C@@H](O)[C@H]1O. The molecular formula is C18H18Cl2N4O4. The van der Waals surface area contributed by atoms with E-state index < -0.39 is 30.1 Å². The van der Waals surface area contributed by atoms with Crippen molar-refractivity contribution >= 4 is 34.4 Å². The molecular weight excluding hydrogens is 407 g/mol. The van der Waals surface area contributed by atoms with Crippen molar-refractivity contribution in [2.45, 2.75) is 44.0 Å². The summed E-state index contributed by atoms with van der Waals surface area (Å²) in [5.41, 5.74) is 0.444. The van der Waals surface area contributed by atoms with E-state index in [1.807, 2.05) is 0 Å². The highest BCUT2D eigenvalue weighted by molar-refractivity contribution is 6.42. The van der Waals surface area contributed by atoms with Gasteiger partial charge in [0.1, 0.15) is 35.8 Å². The van der Waals surface area contributed by atoms with Crippen molar-refractivity contribution in [3.8, 4) is 0 Å². The van der Waals surface area contributed by atoms with Gasteiger partial charge in [0.2, 0.25) is 0 Å². The average molecular weight is 425 g/mol. The molecule has 0 radical (unpaired) electrons. The molecule has 148 valence electrons. The molecule has 0 aliphatic carbocycles. The van der Waals surface area contributed by atoms with Gasteiger partial charge < -0.3 is 20.1 Å². The number of halogens is 2. The summed E-state index contributed by atoms with van der Waals surface area (Å²) in [7, 11) is 0. The second-order valence-corrected chi connectivity index (χ2v) is 7.80. The first kappa shape index (κ1) is 19.5. The first-order chi connectivity index (χ1) is 13.2. The van der Waals surface area contributed by atoms with E-state index in [9.17, 15) is 15.3 Å². The number of benzene rings is 1. The second kappa shape index (κ2) is 6.91. The fourth-order valence-electron chi connectivity index (χ4n) is 3.48. The van der Waals surface area contributed by atoms with E-state index in [2.05, 4.69) is 15.0 Å². The summed E-state index contributed by atoms with van der Waals surface area (Å²) in [5.74, 6) is 0. The van der Waals surface area contributed by atoms with Gasteiger partial charge in [-0.25, -0.2) is 15.0 Å². The normalized spacial score (nSPS) is 27.2. The van der Waals surface area contributed by atoms with Gasteiger partial charge in [-0.1, -0.05) is 29.3 Å². The Kier molecular flexibility index (Phi) is 4.81. The quantitative estimate of drug-likeness (QED) is 0.588. The van der Waals surface area contributed by atoms with E-state index >= 15 is 0 Å². The van der Waals surface area contributed by atoms with Crippen molar-refractivity contribution in [1.29, 1.82) is 0 Å². The van der Waals surface area contributed by atoms with Gasteiger partial charge in [-0.2, -0.15) is 0 Å². The lowest BCUT2D eigenvalue weighted by atomic mass is 9.87. The van der Waals surface area contributed by atoms with Crippen LogP contribution in [0, 0.1) is 6.92 Å². The minimum atomic E-state index is -1.65. The van der Waals surface area contributed by atoms with E-state index in [0.29, 0.717) is 27.4 Å².